The average Bonchev–Trinajstić information content (AvgIpc) is 2.28. The Balaban J connectivity index is 2.14. The molecule has 1 fully saturated rings. The van der Waals surface area contributed by atoms with E-state index in [-0.39, 0.29) is 22.8 Å². The number of hydrogen-bond acceptors (Lipinski definition) is 1. The fourth-order valence-corrected chi connectivity index (χ4v) is 4.47. The van der Waals surface area contributed by atoms with Gasteiger partial charge in [-0.05, 0) is 58.2 Å². The van der Waals surface area contributed by atoms with Crippen molar-refractivity contribution in [1.82, 2.24) is 5.32 Å². The first-order valence-corrected chi connectivity index (χ1v) is 8.52. The molecule has 0 radical (unpaired) electrons. The van der Waals surface area contributed by atoms with Gasteiger partial charge in [0.05, 0.1) is 10.6 Å². The Morgan fingerprint density at radius 1 is 1.24 bits per heavy atom. The van der Waals surface area contributed by atoms with Gasteiger partial charge >= 0.3 is 0 Å². The quantitative estimate of drug-likeness (QED) is 0.736. The Bertz CT molecular complexity index is 538. The van der Waals surface area contributed by atoms with Gasteiger partial charge < -0.3 is 5.32 Å². The summed E-state index contributed by atoms with van der Waals surface area (Å²) in [5.41, 5.74) is 1.04. The summed E-state index contributed by atoms with van der Waals surface area (Å²) >= 11 is 9.57. The Hall–Kier alpha value is -0.540. The number of amides is 1. The van der Waals surface area contributed by atoms with Crippen LogP contribution in [0.15, 0.2) is 22.7 Å². The Kier molecular flexibility index (Phi) is 4.75. The topological polar surface area (TPSA) is 29.1 Å². The molecule has 1 saturated carbocycles. The van der Waals surface area contributed by atoms with Gasteiger partial charge in [0, 0.05) is 10.5 Å². The lowest BCUT2D eigenvalue weighted by Gasteiger charge is -2.45. The SMILES string of the molecule is CC1(C)CC(NC(=O)c2cccc(Br)c2Cl)CC(C)(C)C1. The van der Waals surface area contributed by atoms with Crippen molar-refractivity contribution in [3.63, 3.8) is 0 Å². The van der Waals surface area contributed by atoms with E-state index in [0.29, 0.717) is 10.6 Å². The first-order chi connectivity index (χ1) is 9.60. The van der Waals surface area contributed by atoms with Crippen LogP contribution >= 0.6 is 27.5 Å². The van der Waals surface area contributed by atoms with E-state index in [1.54, 1.807) is 6.07 Å². The summed E-state index contributed by atoms with van der Waals surface area (Å²) < 4.78 is 0.751. The van der Waals surface area contributed by atoms with Gasteiger partial charge in [-0.1, -0.05) is 45.4 Å². The highest BCUT2D eigenvalue weighted by Crippen LogP contribution is 2.45. The third-order valence-electron chi connectivity index (χ3n) is 4.09. The fraction of sp³-hybridized carbons (Fsp3) is 0.588. The highest BCUT2D eigenvalue weighted by molar-refractivity contribution is 9.10. The van der Waals surface area contributed by atoms with E-state index in [4.69, 9.17) is 11.6 Å². The highest BCUT2D eigenvalue weighted by atomic mass is 79.9. The zero-order valence-corrected chi connectivity index (χ0v) is 15.4. The van der Waals surface area contributed by atoms with Crippen LogP contribution in [-0.4, -0.2) is 11.9 Å². The lowest BCUT2D eigenvalue weighted by atomic mass is 9.63. The van der Waals surface area contributed by atoms with Gasteiger partial charge in [0.1, 0.15) is 0 Å². The van der Waals surface area contributed by atoms with Crippen LogP contribution in [0, 0.1) is 10.8 Å². The van der Waals surface area contributed by atoms with Crippen LogP contribution in [0.25, 0.3) is 0 Å². The summed E-state index contributed by atoms with van der Waals surface area (Å²) in [5.74, 6) is -0.0835. The van der Waals surface area contributed by atoms with Crippen molar-refractivity contribution in [3.8, 4) is 0 Å². The number of carbonyl (C=O) groups is 1. The van der Waals surface area contributed by atoms with Gasteiger partial charge in [-0.25, -0.2) is 0 Å². The molecular formula is C17H23BrClNO. The molecule has 1 aliphatic rings. The number of benzene rings is 1. The molecule has 1 aliphatic carbocycles. The predicted molar refractivity (Wildman–Crippen MR) is 91.8 cm³/mol. The maximum atomic E-state index is 12.5. The van der Waals surface area contributed by atoms with Crippen LogP contribution in [0.1, 0.15) is 57.3 Å². The maximum absolute atomic E-state index is 12.5. The summed E-state index contributed by atoms with van der Waals surface area (Å²) in [6.45, 7) is 9.11. The third kappa shape index (κ3) is 4.23. The summed E-state index contributed by atoms with van der Waals surface area (Å²) in [6, 6.07) is 5.64. The fourth-order valence-electron chi connectivity index (χ4n) is 3.89. The van der Waals surface area contributed by atoms with E-state index in [2.05, 4.69) is 48.9 Å². The molecule has 0 heterocycles. The molecule has 0 saturated heterocycles. The number of hydrogen-bond donors (Lipinski definition) is 1. The summed E-state index contributed by atoms with van der Waals surface area (Å²) in [7, 11) is 0. The van der Waals surface area contributed by atoms with Crippen molar-refractivity contribution in [3.05, 3.63) is 33.3 Å². The minimum atomic E-state index is -0.0835. The second-order valence-corrected chi connectivity index (χ2v) is 8.92. The maximum Gasteiger partial charge on any atom is 0.253 e. The summed E-state index contributed by atoms with van der Waals surface area (Å²) in [4.78, 5) is 12.5. The Labute approximate surface area is 140 Å². The van der Waals surface area contributed by atoms with Crippen LogP contribution in [0.2, 0.25) is 5.02 Å². The number of nitrogens with one attached hydrogen (secondary N) is 1. The Morgan fingerprint density at radius 3 is 2.38 bits per heavy atom. The first-order valence-electron chi connectivity index (χ1n) is 7.35. The zero-order chi connectivity index (χ0) is 15.8. The largest absolute Gasteiger partial charge is 0.349 e. The van der Waals surface area contributed by atoms with E-state index >= 15 is 0 Å². The number of halogens is 2. The molecule has 1 N–H and O–H groups in total. The smallest absolute Gasteiger partial charge is 0.253 e. The molecule has 4 heteroatoms. The van der Waals surface area contributed by atoms with E-state index in [1.165, 1.54) is 6.42 Å². The van der Waals surface area contributed by atoms with Crippen molar-refractivity contribution in [2.45, 2.75) is 53.0 Å². The summed E-state index contributed by atoms with van der Waals surface area (Å²) in [6.07, 6.45) is 3.20. The number of rotatable bonds is 2. The molecule has 116 valence electrons. The second kappa shape index (κ2) is 5.92. The minimum Gasteiger partial charge on any atom is -0.349 e. The molecule has 21 heavy (non-hydrogen) atoms. The third-order valence-corrected chi connectivity index (χ3v) is 5.38. The zero-order valence-electron chi connectivity index (χ0n) is 13.1. The van der Waals surface area contributed by atoms with Crippen molar-refractivity contribution in [1.29, 1.82) is 0 Å². The predicted octanol–water partition coefficient (Wildman–Crippen LogP) is 5.44. The molecule has 0 spiro atoms. The van der Waals surface area contributed by atoms with Crippen LogP contribution in [0.3, 0.4) is 0 Å². The lowest BCUT2D eigenvalue weighted by Crippen LogP contribution is -2.46. The van der Waals surface area contributed by atoms with Crippen molar-refractivity contribution < 1.29 is 4.79 Å². The van der Waals surface area contributed by atoms with Gasteiger partial charge in [0.2, 0.25) is 0 Å². The van der Waals surface area contributed by atoms with Crippen LogP contribution in [0.5, 0.6) is 0 Å². The molecular weight excluding hydrogens is 350 g/mol. The standard InChI is InChI=1S/C17H23BrClNO/c1-16(2)8-11(9-17(3,4)10-16)20-15(21)12-6-5-7-13(18)14(12)19/h5-7,11H,8-10H2,1-4H3,(H,20,21). The normalized spacial score (nSPS) is 21.0. The van der Waals surface area contributed by atoms with Gasteiger partial charge in [-0.3, -0.25) is 4.79 Å². The van der Waals surface area contributed by atoms with Gasteiger partial charge in [-0.15, -0.1) is 0 Å². The molecule has 0 unspecified atom stereocenters. The van der Waals surface area contributed by atoms with E-state index in [1.807, 2.05) is 12.1 Å². The van der Waals surface area contributed by atoms with E-state index < -0.39 is 0 Å². The molecule has 2 nitrogen and oxygen atoms in total. The lowest BCUT2D eigenvalue weighted by molar-refractivity contribution is 0.0713. The van der Waals surface area contributed by atoms with Gasteiger partial charge in [-0.2, -0.15) is 0 Å². The van der Waals surface area contributed by atoms with Crippen molar-refractivity contribution >= 4 is 33.4 Å². The minimum absolute atomic E-state index is 0.0835. The molecule has 2 rings (SSSR count). The molecule has 1 aromatic carbocycles. The molecule has 0 bridgehead atoms. The Morgan fingerprint density at radius 2 is 1.81 bits per heavy atom. The van der Waals surface area contributed by atoms with Gasteiger partial charge in [0.15, 0.2) is 0 Å². The molecule has 1 aromatic rings. The number of carbonyl (C=O) groups excluding carboxylic acids is 1. The van der Waals surface area contributed by atoms with E-state index in [0.717, 1.165) is 17.3 Å². The summed E-state index contributed by atoms with van der Waals surface area (Å²) in [5, 5.41) is 3.65. The van der Waals surface area contributed by atoms with Gasteiger partial charge in [0.25, 0.3) is 5.91 Å². The first kappa shape index (κ1) is 16.8. The van der Waals surface area contributed by atoms with Crippen LogP contribution in [0.4, 0.5) is 0 Å². The molecule has 0 aromatic heterocycles. The van der Waals surface area contributed by atoms with Crippen LogP contribution in [-0.2, 0) is 0 Å². The monoisotopic (exact) mass is 371 g/mol. The molecule has 0 aliphatic heterocycles. The van der Waals surface area contributed by atoms with Crippen LogP contribution < -0.4 is 5.32 Å². The van der Waals surface area contributed by atoms with Crippen molar-refractivity contribution in [2.24, 2.45) is 10.8 Å². The average molecular weight is 373 g/mol. The molecule has 0 atom stereocenters. The molecule has 1 amide bonds. The van der Waals surface area contributed by atoms with Crippen molar-refractivity contribution in [2.75, 3.05) is 0 Å². The van der Waals surface area contributed by atoms with E-state index in [9.17, 15) is 4.79 Å². The second-order valence-electron chi connectivity index (χ2n) is 7.69. The highest BCUT2D eigenvalue weighted by Gasteiger charge is 2.39.